The zero-order chi connectivity index (χ0) is 13.1. The lowest BCUT2D eigenvalue weighted by atomic mass is 10.00. The maximum atomic E-state index is 4.77. The number of para-hydroxylation sites is 1. The summed E-state index contributed by atoms with van der Waals surface area (Å²) < 4.78 is 1.32. The summed E-state index contributed by atoms with van der Waals surface area (Å²) in [4.78, 5) is 4.77. The van der Waals surface area contributed by atoms with Crippen molar-refractivity contribution in [3.63, 3.8) is 0 Å². The Hall–Kier alpha value is -0.580. The van der Waals surface area contributed by atoms with Crippen LogP contribution in [0.1, 0.15) is 18.4 Å². The molecule has 2 unspecified atom stereocenters. The molecule has 0 amide bonds. The van der Waals surface area contributed by atoms with E-state index < -0.39 is 0 Å². The third kappa shape index (κ3) is 3.12. The van der Waals surface area contributed by atoms with Crippen molar-refractivity contribution >= 4 is 33.3 Å². The van der Waals surface area contributed by atoms with Gasteiger partial charge in [-0.2, -0.15) is 11.8 Å². The molecule has 4 heteroatoms. The van der Waals surface area contributed by atoms with Crippen LogP contribution in [0.15, 0.2) is 24.3 Å². The fourth-order valence-corrected chi connectivity index (χ4v) is 5.08. The van der Waals surface area contributed by atoms with Crippen LogP contribution in [0.2, 0.25) is 0 Å². The Bertz CT molecular complexity index is 505. The molecule has 19 heavy (non-hydrogen) atoms. The van der Waals surface area contributed by atoms with E-state index >= 15 is 0 Å². The van der Waals surface area contributed by atoms with Gasteiger partial charge in [0.05, 0.1) is 15.2 Å². The van der Waals surface area contributed by atoms with Crippen LogP contribution in [0, 0.1) is 5.92 Å². The van der Waals surface area contributed by atoms with Gasteiger partial charge in [0.15, 0.2) is 0 Å². The molecule has 0 aliphatic carbocycles. The molecule has 2 atom stereocenters. The molecule has 2 aromatic rings. The number of thiazole rings is 1. The standard InChI is InChI=1S/C15H20N2S2/c1-2-7-16-13-10-18-9-11(13)8-15-17-12-5-3-4-6-14(12)19-15/h3-6,11,13,16H,2,7-10H2,1H3. The lowest BCUT2D eigenvalue weighted by Gasteiger charge is -2.18. The molecule has 1 aromatic heterocycles. The third-order valence-corrected chi connectivity index (χ3v) is 5.95. The summed E-state index contributed by atoms with van der Waals surface area (Å²) in [5, 5.41) is 4.99. The number of hydrogen-bond acceptors (Lipinski definition) is 4. The SMILES string of the molecule is CCCNC1CSCC1Cc1nc2ccccc2s1. The fourth-order valence-electron chi connectivity index (χ4n) is 2.59. The van der Waals surface area contributed by atoms with Gasteiger partial charge in [-0.15, -0.1) is 11.3 Å². The van der Waals surface area contributed by atoms with Gasteiger partial charge in [-0.05, 0) is 36.8 Å². The van der Waals surface area contributed by atoms with Gasteiger partial charge < -0.3 is 5.32 Å². The first-order chi connectivity index (χ1) is 9.36. The first-order valence-electron chi connectivity index (χ1n) is 7.02. The molecule has 1 saturated heterocycles. The second-order valence-corrected chi connectivity index (χ2v) is 7.33. The van der Waals surface area contributed by atoms with Crippen molar-refractivity contribution in [3.05, 3.63) is 29.3 Å². The Morgan fingerprint density at radius 1 is 1.32 bits per heavy atom. The third-order valence-electron chi connectivity index (χ3n) is 3.63. The van der Waals surface area contributed by atoms with Crippen molar-refractivity contribution in [2.45, 2.75) is 25.8 Å². The van der Waals surface area contributed by atoms with Crippen molar-refractivity contribution in [2.24, 2.45) is 5.92 Å². The first kappa shape index (κ1) is 13.4. The summed E-state index contributed by atoms with van der Waals surface area (Å²) in [6.45, 7) is 3.37. The number of rotatable bonds is 5. The van der Waals surface area contributed by atoms with Gasteiger partial charge in [-0.3, -0.25) is 0 Å². The number of nitrogens with one attached hydrogen (secondary N) is 1. The van der Waals surface area contributed by atoms with Gasteiger partial charge in [-0.1, -0.05) is 19.1 Å². The molecule has 0 radical (unpaired) electrons. The summed E-state index contributed by atoms with van der Waals surface area (Å²) in [7, 11) is 0. The van der Waals surface area contributed by atoms with Crippen LogP contribution in [0.5, 0.6) is 0 Å². The van der Waals surface area contributed by atoms with E-state index in [-0.39, 0.29) is 0 Å². The zero-order valence-electron chi connectivity index (χ0n) is 11.3. The predicted octanol–water partition coefficient (Wildman–Crippen LogP) is 3.57. The number of fused-ring (bicyclic) bond motifs is 1. The van der Waals surface area contributed by atoms with Crippen molar-refractivity contribution < 1.29 is 0 Å². The summed E-state index contributed by atoms with van der Waals surface area (Å²) in [5.74, 6) is 3.28. The van der Waals surface area contributed by atoms with Crippen LogP contribution in [0.25, 0.3) is 10.2 Å². The highest BCUT2D eigenvalue weighted by Gasteiger charge is 2.28. The smallest absolute Gasteiger partial charge is 0.0942 e. The molecular weight excluding hydrogens is 272 g/mol. The maximum absolute atomic E-state index is 4.77. The number of nitrogens with zero attached hydrogens (tertiary/aromatic N) is 1. The number of aromatic nitrogens is 1. The van der Waals surface area contributed by atoms with Gasteiger partial charge in [-0.25, -0.2) is 4.98 Å². The van der Waals surface area contributed by atoms with Gasteiger partial charge in [0.2, 0.25) is 0 Å². The maximum Gasteiger partial charge on any atom is 0.0942 e. The van der Waals surface area contributed by atoms with Crippen molar-refractivity contribution in [1.82, 2.24) is 10.3 Å². The van der Waals surface area contributed by atoms with E-state index in [0.29, 0.717) is 6.04 Å². The summed E-state index contributed by atoms with van der Waals surface area (Å²) in [5.41, 5.74) is 1.16. The largest absolute Gasteiger partial charge is 0.313 e. The van der Waals surface area contributed by atoms with E-state index in [9.17, 15) is 0 Å². The van der Waals surface area contributed by atoms with Crippen molar-refractivity contribution in [2.75, 3.05) is 18.1 Å². The number of benzene rings is 1. The molecular formula is C15H20N2S2. The molecule has 3 rings (SSSR count). The second-order valence-electron chi connectivity index (χ2n) is 5.14. The van der Waals surface area contributed by atoms with E-state index in [0.717, 1.165) is 24.4 Å². The van der Waals surface area contributed by atoms with Gasteiger partial charge in [0.1, 0.15) is 0 Å². The van der Waals surface area contributed by atoms with Crippen LogP contribution >= 0.6 is 23.1 Å². The molecule has 0 spiro atoms. The lowest BCUT2D eigenvalue weighted by molar-refractivity contribution is 0.425. The van der Waals surface area contributed by atoms with Gasteiger partial charge in [0.25, 0.3) is 0 Å². The topological polar surface area (TPSA) is 24.9 Å². The molecule has 102 valence electrons. The minimum absolute atomic E-state index is 0.678. The molecule has 1 aliphatic rings. The highest BCUT2D eigenvalue weighted by atomic mass is 32.2. The minimum Gasteiger partial charge on any atom is -0.313 e. The zero-order valence-corrected chi connectivity index (χ0v) is 12.9. The minimum atomic E-state index is 0.678. The number of thioether (sulfide) groups is 1. The number of hydrogen-bond donors (Lipinski definition) is 1. The molecule has 1 aromatic carbocycles. The Balaban J connectivity index is 1.69. The van der Waals surface area contributed by atoms with Crippen LogP contribution in [-0.4, -0.2) is 29.1 Å². The lowest BCUT2D eigenvalue weighted by Crippen LogP contribution is -2.36. The first-order valence-corrected chi connectivity index (χ1v) is 8.99. The molecule has 1 fully saturated rings. The average Bonchev–Trinajstić information content (AvgIpc) is 3.02. The van der Waals surface area contributed by atoms with E-state index in [4.69, 9.17) is 4.98 Å². The summed E-state index contributed by atoms with van der Waals surface area (Å²) >= 11 is 3.94. The Labute approximate surface area is 123 Å². The van der Waals surface area contributed by atoms with E-state index in [1.807, 2.05) is 11.3 Å². The van der Waals surface area contributed by atoms with E-state index in [1.54, 1.807) is 0 Å². The fraction of sp³-hybridized carbons (Fsp3) is 0.533. The second kappa shape index (κ2) is 6.25. The normalized spacial score (nSPS) is 23.2. The Kier molecular flexibility index (Phi) is 4.41. The molecule has 1 aliphatic heterocycles. The monoisotopic (exact) mass is 292 g/mol. The van der Waals surface area contributed by atoms with Crippen LogP contribution in [0.4, 0.5) is 0 Å². The molecule has 2 heterocycles. The van der Waals surface area contributed by atoms with Gasteiger partial charge in [0, 0.05) is 18.2 Å². The van der Waals surface area contributed by atoms with Crippen molar-refractivity contribution in [1.29, 1.82) is 0 Å². The highest BCUT2D eigenvalue weighted by Crippen LogP contribution is 2.30. The van der Waals surface area contributed by atoms with E-state index in [1.165, 1.54) is 27.6 Å². The Morgan fingerprint density at radius 2 is 2.21 bits per heavy atom. The quantitative estimate of drug-likeness (QED) is 0.912. The van der Waals surface area contributed by atoms with Crippen LogP contribution in [0.3, 0.4) is 0 Å². The summed E-state index contributed by atoms with van der Waals surface area (Å²) in [6.07, 6.45) is 2.35. The molecule has 1 N–H and O–H groups in total. The van der Waals surface area contributed by atoms with Crippen LogP contribution in [-0.2, 0) is 6.42 Å². The summed E-state index contributed by atoms with van der Waals surface area (Å²) in [6, 6.07) is 9.14. The van der Waals surface area contributed by atoms with E-state index in [2.05, 4.69) is 48.3 Å². The van der Waals surface area contributed by atoms with Crippen molar-refractivity contribution in [3.8, 4) is 0 Å². The average molecular weight is 292 g/mol. The predicted molar refractivity (Wildman–Crippen MR) is 86.2 cm³/mol. The molecule has 0 bridgehead atoms. The Morgan fingerprint density at radius 3 is 3.05 bits per heavy atom. The van der Waals surface area contributed by atoms with Crippen LogP contribution < -0.4 is 5.32 Å². The molecule has 2 nitrogen and oxygen atoms in total. The molecule has 0 saturated carbocycles. The van der Waals surface area contributed by atoms with Gasteiger partial charge >= 0.3 is 0 Å². The highest BCUT2D eigenvalue weighted by molar-refractivity contribution is 7.99.